The van der Waals surface area contributed by atoms with Gasteiger partial charge in [0.2, 0.25) is 0 Å². The molecule has 0 saturated heterocycles. The molecule has 0 unspecified atom stereocenters. The highest BCUT2D eigenvalue weighted by molar-refractivity contribution is 6.00. The number of aryl methyl sites for hydroxylation is 1. The maximum Gasteiger partial charge on any atom is 0.257 e. The number of aliphatic hydroxyl groups excluding tert-OH is 1. The third kappa shape index (κ3) is 3.12. The average molecular weight is 303 g/mol. The van der Waals surface area contributed by atoms with Crippen LogP contribution < -0.4 is 4.74 Å². The lowest BCUT2D eigenvalue weighted by atomic mass is 10.1. The summed E-state index contributed by atoms with van der Waals surface area (Å²) in [6, 6.07) is 7.47. The maximum atomic E-state index is 12.7. The van der Waals surface area contributed by atoms with Crippen LogP contribution in [0.1, 0.15) is 17.3 Å². The number of hydrogen-bond donors (Lipinski definition) is 1. The van der Waals surface area contributed by atoms with Crippen LogP contribution >= 0.6 is 0 Å². The number of para-hydroxylation sites is 1. The Bertz CT molecular complexity index is 652. The molecule has 0 fully saturated rings. The van der Waals surface area contributed by atoms with Crippen LogP contribution in [-0.2, 0) is 7.05 Å². The topological polar surface area (TPSA) is 67.6 Å². The molecule has 118 valence electrons. The second-order valence-electron chi connectivity index (χ2n) is 4.87. The number of nitrogens with zero attached hydrogens (tertiary/aromatic N) is 3. The van der Waals surface area contributed by atoms with E-state index in [1.165, 1.54) is 0 Å². The zero-order valence-corrected chi connectivity index (χ0v) is 13.1. The van der Waals surface area contributed by atoms with Crippen LogP contribution in [0, 0.1) is 0 Å². The van der Waals surface area contributed by atoms with Crippen molar-refractivity contribution in [1.29, 1.82) is 0 Å². The summed E-state index contributed by atoms with van der Waals surface area (Å²) < 4.78 is 6.98. The van der Waals surface area contributed by atoms with Crippen molar-refractivity contribution in [2.24, 2.45) is 7.05 Å². The number of carbonyl (C=O) groups is 1. The van der Waals surface area contributed by atoms with E-state index < -0.39 is 0 Å². The zero-order chi connectivity index (χ0) is 16.1. The molecule has 2 aromatic rings. The van der Waals surface area contributed by atoms with Crippen LogP contribution in [-0.4, -0.2) is 52.5 Å². The molecule has 2 rings (SSSR count). The Morgan fingerprint density at radius 3 is 2.77 bits per heavy atom. The van der Waals surface area contributed by atoms with E-state index in [0.717, 1.165) is 5.56 Å². The molecule has 1 heterocycles. The Kier molecular flexibility index (Phi) is 5.16. The maximum absolute atomic E-state index is 12.7. The van der Waals surface area contributed by atoms with Crippen molar-refractivity contribution in [3.05, 3.63) is 36.0 Å². The average Bonchev–Trinajstić information content (AvgIpc) is 2.93. The van der Waals surface area contributed by atoms with Crippen molar-refractivity contribution >= 4 is 5.91 Å². The number of rotatable bonds is 6. The van der Waals surface area contributed by atoms with Crippen molar-refractivity contribution in [2.75, 3.05) is 26.8 Å². The fraction of sp³-hybridized carbons (Fsp3) is 0.375. The minimum absolute atomic E-state index is 0.0656. The first-order valence-corrected chi connectivity index (χ1v) is 7.19. The minimum Gasteiger partial charge on any atom is -0.496 e. The van der Waals surface area contributed by atoms with Gasteiger partial charge in [0, 0.05) is 31.9 Å². The van der Waals surface area contributed by atoms with Crippen molar-refractivity contribution in [1.82, 2.24) is 14.7 Å². The lowest BCUT2D eigenvalue weighted by molar-refractivity contribution is 0.0732. The quantitative estimate of drug-likeness (QED) is 0.879. The van der Waals surface area contributed by atoms with Crippen LogP contribution in [0.2, 0.25) is 0 Å². The zero-order valence-electron chi connectivity index (χ0n) is 13.1. The molecule has 6 heteroatoms. The van der Waals surface area contributed by atoms with Crippen molar-refractivity contribution in [3.8, 4) is 17.0 Å². The number of benzene rings is 1. The number of methoxy groups -OCH3 is 1. The second kappa shape index (κ2) is 7.09. The van der Waals surface area contributed by atoms with Gasteiger partial charge < -0.3 is 14.7 Å². The summed E-state index contributed by atoms with van der Waals surface area (Å²) in [6.45, 7) is 2.64. The predicted molar refractivity (Wildman–Crippen MR) is 83.9 cm³/mol. The molecule has 0 radical (unpaired) electrons. The highest BCUT2D eigenvalue weighted by Gasteiger charge is 2.23. The fourth-order valence-electron chi connectivity index (χ4n) is 2.38. The third-order valence-electron chi connectivity index (χ3n) is 3.46. The molecular formula is C16H21N3O3. The lowest BCUT2D eigenvalue weighted by Crippen LogP contribution is -2.33. The van der Waals surface area contributed by atoms with Crippen molar-refractivity contribution in [3.63, 3.8) is 0 Å². The van der Waals surface area contributed by atoms with E-state index in [4.69, 9.17) is 9.84 Å². The highest BCUT2D eigenvalue weighted by Crippen LogP contribution is 2.31. The minimum atomic E-state index is -0.148. The molecule has 1 aromatic heterocycles. The first kappa shape index (κ1) is 16.0. The first-order valence-electron chi connectivity index (χ1n) is 7.19. The molecule has 1 amide bonds. The summed E-state index contributed by atoms with van der Waals surface area (Å²) in [4.78, 5) is 14.3. The van der Waals surface area contributed by atoms with Gasteiger partial charge >= 0.3 is 0 Å². The largest absolute Gasteiger partial charge is 0.496 e. The van der Waals surface area contributed by atoms with Crippen LogP contribution in [0.15, 0.2) is 30.5 Å². The van der Waals surface area contributed by atoms with Crippen LogP contribution in [0.25, 0.3) is 11.3 Å². The second-order valence-corrected chi connectivity index (χ2v) is 4.87. The van der Waals surface area contributed by atoms with Crippen molar-refractivity contribution < 1.29 is 14.6 Å². The highest BCUT2D eigenvalue weighted by atomic mass is 16.5. The van der Waals surface area contributed by atoms with Gasteiger partial charge in [-0.1, -0.05) is 12.1 Å². The van der Waals surface area contributed by atoms with Crippen LogP contribution in [0.4, 0.5) is 0 Å². The molecule has 22 heavy (non-hydrogen) atoms. The molecule has 0 atom stereocenters. The van der Waals surface area contributed by atoms with Gasteiger partial charge in [0.15, 0.2) is 0 Å². The Morgan fingerprint density at radius 1 is 1.41 bits per heavy atom. The number of aliphatic hydroxyl groups is 1. The standard InChI is InChI=1S/C16H21N3O3/c1-4-19(9-10-20)16(21)13-11-18(2)17-15(13)12-7-5-6-8-14(12)22-3/h5-8,11,20H,4,9-10H2,1-3H3. The van der Waals surface area contributed by atoms with E-state index in [1.807, 2.05) is 31.2 Å². The molecule has 0 aliphatic rings. The third-order valence-corrected chi connectivity index (χ3v) is 3.46. The molecule has 0 bridgehead atoms. The summed E-state index contributed by atoms with van der Waals surface area (Å²) in [6.07, 6.45) is 1.70. The van der Waals surface area contributed by atoms with E-state index >= 15 is 0 Å². The van der Waals surface area contributed by atoms with E-state index in [0.29, 0.717) is 30.1 Å². The summed E-state index contributed by atoms with van der Waals surface area (Å²) >= 11 is 0. The number of amides is 1. The van der Waals surface area contributed by atoms with Gasteiger partial charge in [-0.3, -0.25) is 9.48 Å². The molecule has 1 N–H and O–H groups in total. The van der Waals surface area contributed by atoms with Gasteiger partial charge in [0.1, 0.15) is 11.4 Å². The van der Waals surface area contributed by atoms with E-state index in [1.54, 1.807) is 29.9 Å². The van der Waals surface area contributed by atoms with Crippen molar-refractivity contribution in [2.45, 2.75) is 6.92 Å². The molecule has 1 aromatic carbocycles. The molecule has 0 saturated carbocycles. The summed E-state index contributed by atoms with van der Waals surface area (Å²) in [7, 11) is 3.37. The van der Waals surface area contributed by atoms with Gasteiger partial charge in [-0.05, 0) is 19.1 Å². The number of ether oxygens (including phenoxy) is 1. The number of aromatic nitrogens is 2. The number of likely N-dealkylation sites (N-methyl/N-ethyl adjacent to an activating group) is 1. The Balaban J connectivity index is 2.49. The first-order chi connectivity index (χ1) is 10.6. The van der Waals surface area contributed by atoms with Gasteiger partial charge in [-0.25, -0.2) is 0 Å². The van der Waals surface area contributed by atoms with E-state index in [-0.39, 0.29) is 12.5 Å². The summed E-state index contributed by atoms with van der Waals surface area (Å²) in [5.41, 5.74) is 1.86. The summed E-state index contributed by atoms with van der Waals surface area (Å²) in [5, 5.41) is 13.5. The monoisotopic (exact) mass is 303 g/mol. The Hall–Kier alpha value is -2.34. The van der Waals surface area contributed by atoms with Gasteiger partial charge in [0.25, 0.3) is 5.91 Å². The lowest BCUT2D eigenvalue weighted by Gasteiger charge is -2.19. The predicted octanol–water partition coefficient (Wildman–Crippen LogP) is 1.55. The van der Waals surface area contributed by atoms with E-state index in [2.05, 4.69) is 5.10 Å². The molecule has 0 aliphatic carbocycles. The molecular weight excluding hydrogens is 282 g/mol. The normalized spacial score (nSPS) is 10.5. The SMILES string of the molecule is CCN(CCO)C(=O)c1cn(C)nc1-c1ccccc1OC. The van der Waals surface area contributed by atoms with Gasteiger partial charge in [-0.15, -0.1) is 0 Å². The fourth-order valence-corrected chi connectivity index (χ4v) is 2.38. The molecule has 0 spiro atoms. The van der Waals surface area contributed by atoms with Crippen LogP contribution in [0.3, 0.4) is 0 Å². The number of carbonyl (C=O) groups excluding carboxylic acids is 1. The molecule has 0 aliphatic heterocycles. The Labute approximate surface area is 129 Å². The Morgan fingerprint density at radius 2 is 2.14 bits per heavy atom. The van der Waals surface area contributed by atoms with Gasteiger partial charge in [0.05, 0.1) is 19.3 Å². The van der Waals surface area contributed by atoms with E-state index in [9.17, 15) is 4.79 Å². The summed E-state index contributed by atoms with van der Waals surface area (Å²) in [5.74, 6) is 0.519. The smallest absolute Gasteiger partial charge is 0.257 e. The number of hydrogen-bond acceptors (Lipinski definition) is 4. The molecule has 6 nitrogen and oxygen atoms in total. The van der Waals surface area contributed by atoms with Crippen LogP contribution in [0.5, 0.6) is 5.75 Å². The van der Waals surface area contributed by atoms with Gasteiger partial charge in [-0.2, -0.15) is 5.10 Å².